The van der Waals surface area contributed by atoms with Crippen LogP contribution in [0.1, 0.15) is 50.7 Å². The van der Waals surface area contributed by atoms with Gasteiger partial charge in [0, 0.05) is 11.4 Å². The van der Waals surface area contributed by atoms with Crippen molar-refractivity contribution in [3.8, 4) is 5.75 Å². The van der Waals surface area contributed by atoms with Gasteiger partial charge in [-0.25, -0.2) is 4.98 Å². The van der Waals surface area contributed by atoms with Crippen molar-refractivity contribution in [3.05, 3.63) is 83.3 Å². The van der Waals surface area contributed by atoms with Crippen LogP contribution in [0.3, 0.4) is 0 Å². The number of nitrogens with zero attached hydrogens (tertiary/aromatic N) is 2. The molecule has 0 amide bonds. The molecule has 0 unspecified atom stereocenters. The predicted molar refractivity (Wildman–Crippen MR) is 128 cm³/mol. The second-order valence-corrected chi connectivity index (χ2v) is 8.92. The van der Waals surface area contributed by atoms with E-state index < -0.39 is 0 Å². The van der Waals surface area contributed by atoms with Gasteiger partial charge in [-0.1, -0.05) is 73.7 Å². The van der Waals surface area contributed by atoms with Crippen molar-refractivity contribution in [2.75, 3.05) is 7.11 Å². The summed E-state index contributed by atoms with van der Waals surface area (Å²) < 4.78 is 13.8. The predicted octanol–water partition coefficient (Wildman–Crippen LogP) is 6.85. The van der Waals surface area contributed by atoms with Crippen molar-refractivity contribution >= 4 is 11.8 Å². The number of imidazole rings is 1. The first-order valence-corrected chi connectivity index (χ1v) is 11.5. The maximum Gasteiger partial charge on any atom is 0.136 e. The molecule has 0 atom stereocenters. The van der Waals surface area contributed by atoms with Gasteiger partial charge in [-0.05, 0) is 43.5 Å². The molecule has 0 aliphatic carbocycles. The van der Waals surface area contributed by atoms with Crippen LogP contribution < -0.4 is 4.74 Å². The molecule has 0 fully saturated rings. The van der Waals surface area contributed by atoms with Gasteiger partial charge in [0.2, 0.25) is 0 Å². The molecule has 1 aromatic heterocycles. The Morgan fingerprint density at radius 1 is 1.10 bits per heavy atom. The third-order valence-corrected chi connectivity index (χ3v) is 6.18. The summed E-state index contributed by atoms with van der Waals surface area (Å²) in [6.07, 6.45) is 2.16. The molecule has 3 rings (SSSR count). The highest BCUT2D eigenvalue weighted by molar-refractivity contribution is 7.99. The van der Waals surface area contributed by atoms with E-state index in [2.05, 4.69) is 62.6 Å². The van der Waals surface area contributed by atoms with Crippen LogP contribution in [0, 0.1) is 0 Å². The lowest BCUT2D eigenvalue weighted by Gasteiger charge is -2.14. The number of benzene rings is 2. The molecule has 0 aliphatic heterocycles. The summed E-state index contributed by atoms with van der Waals surface area (Å²) in [6, 6.07) is 18.4. The molecule has 31 heavy (non-hydrogen) atoms. The lowest BCUT2D eigenvalue weighted by molar-refractivity contribution is 0.0991. The summed E-state index contributed by atoms with van der Waals surface area (Å²) in [5.41, 5.74) is 3.57. The van der Waals surface area contributed by atoms with Crippen LogP contribution in [-0.2, 0) is 24.5 Å². The highest BCUT2D eigenvalue weighted by atomic mass is 32.2. The second-order valence-electron chi connectivity index (χ2n) is 7.85. The van der Waals surface area contributed by atoms with E-state index in [9.17, 15) is 0 Å². The fourth-order valence-electron chi connectivity index (χ4n) is 3.21. The molecule has 0 radical (unpaired) electrons. The van der Waals surface area contributed by atoms with Crippen molar-refractivity contribution in [1.82, 2.24) is 9.55 Å². The van der Waals surface area contributed by atoms with Crippen molar-refractivity contribution in [1.29, 1.82) is 0 Å². The summed E-state index contributed by atoms with van der Waals surface area (Å²) in [5, 5.41) is 1.17. The third-order valence-electron chi connectivity index (χ3n) is 5.07. The zero-order valence-corrected chi connectivity index (χ0v) is 19.9. The Hall–Kier alpha value is -2.50. The Bertz CT molecular complexity index is 1010. The number of aromatic nitrogens is 2. The number of allylic oxidation sites excluding steroid dienone is 2. The second kappa shape index (κ2) is 11.2. The molecule has 3 aromatic rings. The minimum Gasteiger partial charge on any atom is -0.497 e. The Labute approximate surface area is 190 Å². The average molecular weight is 437 g/mol. The van der Waals surface area contributed by atoms with Gasteiger partial charge < -0.3 is 14.0 Å². The minimum absolute atomic E-state index is 0.313. The highest BCUT2D eigenvalue weighted by Crippen LogP contribution is 2.36. The van der Waals surface area contributed by atoms with Gasteiger partial charge in [0.25, 0.3) is 0 Å². The molecular formula is C26H32N2O2S. The molecule has 164 valence electrons. The van der Waals surface area contributed by atoms with E-state index in [1.165, 1.54) is 16.2 Å². The topological polar surface area (TPSA) is 36.3 Å². The van der Waals surface area contributed by atoms with Gasteiger partial charge in [-0.3, -0.25) is 0 Å². The quantitative estimate of drug-likeness (QED) is 0.326. The van der Waals surface area contributed by atoms with E-state index in [1.807, 2.05) is 30.3 Å². The number of methoxy groups -OCH3 is 1. The van der Waals surface area contributed by atoms with Gasteiger partial charge in [0.05, 0.1) is 19.4 Å². The fourth-order valence-corrected chi connectivity index (χ4v) is 4.42. The smallest absolute Gasteiger partial charge is 0.136 e. The summed E-state index contributed by atoms with van der Waals surface area (Å²) in [6.45, 7) is 10.5. The van der Waals surface area contributed by atoms with Gasteiger partial charge in [-0.2, -0.15) is 0 Å². The number of rotatable bonds is 10. The van der Waals surface area contributed by atoms with Gasteiger partial charge in [-0.15, -0.1) is 0 Å². The molecule has 1 heterocycles. The summed E-state index contributed by atoms with van der Waals surface area (Å²) in [4.78, 5) is 6.16. The lowest BCUT2D eigenvalue weighted by Crippen LogP contribution is -2.08. The molecule has 0 saturated carbocycles. The molecule has 0 saturated heterocycles. The summed E-state index contributed by atoms with van der Waals surface area (Å²) >= 11 is 1.74. The zero-order chi connectivity index (χ0) is 22.2. The SMILES string of the molecule is C/C=C(\C)Cn1c(COCc2ccccc2)nc(C(C)C)c1Sc1cccc(OC)c1. The number of hydrogen-bond acceptors (Lipinski definition) is 4. The maximum absolute atomic E-state index is 6.06. The van der Waals surface area contributed by atoms with E-state index in [1.54, 1.807) is 18.9 Å². The van der Waals surface area contributed by atoms with Crippen LogP contribution in [0.25, 0.3) is 0 Å². The Kier molecular flexibility index (Phi) is 8.38. The molecule has 2 aromatic carbocycles. The van der Waals surface area contributed by atoms with E-state index in [-0.39, 0.29) is 0 Å². The van der Waals surface area contributed by atoms with Crippen molar-refractivity contribution in [2.45, 2.75) is 63.3 Å². The van der Waals surface area contributed by atoms with Crippen LogP contribution in [0.4, 0.5) is 0 Å². The van der Waals surface area contributed by atoms with Crippen molar-refractivity contribution in [3.63, 3.8) is 0 Å². The molecule has 0 aliphatic rings. The van der Waals surface area contributed by atoms with Crippen LogP contribution in [0.15, 0.2) is 76.2 Å². The number of ether oxygens (including phenoxy) is 2. The lowest BCUT2D eigenvalue weighted by atomic mass is 10.1. The van der Waals surface area contributed by atoms with Crippen LogP contribution in [-0.4, -0.2) is 16.7 Å². The molecule has 0 N–H and O–H groups in total. The molecule has 0 spiro atoms. The normalized spacial score (nSPS) is 11.9. The molecule has 0 bridgehead atoms. The Morgan fingerprint density at radius 2 is 1.87 bits per heavy atom. The first-order valence-electron chi connectivity index (χ1n) is 10.7. The Morgan fingerprint density at radius 3 is 2.55 bits per heavy atom. The highest BCUT2D eigenvalue weighted by Gasteiger charge is 2.21. The fraction of sp³-hybridized carbons (Fsp3) is 0.346. The Balaban J connectivity index is 1.92. The van der Waals surface area contributed by atoms with E-state index in [4.69, 9.17) is 14.5 Å². The van der Waals surface area contributed by atoms with Gasteiger partial charge in [0.15, 0.2) is 0 Å². The summed E-state index contributed by atoms with van der Waals surface area (Å²) in [5.74, 6) is 2.14. The van der Waals surface area contributed by atoms with E-state index in [0.717, 1.165) is 28.7 Å². The first kappa shape index (κ1) is 23.2. The van der Waals surface area contributed by atoms with Gasteiger partial charge in [0.1, 0.15) is 23.2 Å². The van der Waals surface area contributed by atoms with Gasteiger partial charge >= 0.3 is 0 Å². The molecule has 5 heteroatoms. The van der Waals surface area contributed by atoms with Crippen LogP contribution in [0.2, 0.25) is 0 Å². The van der Waals surface area contributed by atoms with E-state index in [0.29, 0.717) is 19.1 Å². The zero-order valence-electron chi connectivity index (χ0n) is 19.1. The molecule has 4 nitrogen and oxygen atoms in total. The van der Waals surface area contributed by atoms with Crippen LogP contribution in [0.5, 0.6) is 5.75 Å². The largest absolute Gasteiger partial charge is 0.497 e. The number of hydrogen-bond donors (Lipinski definition) is 0. The third kappa shape index (κ3) is 6.25. The average Bonchev–Trinajstić information content (AvgIpc) is 3.11. The summed E-state index contributed by atoms with van der Waals surface area (Å²) in [7, 11) is 1.70. The van der Waals surface area contributed by atoms with Crippen LogP contribution >= 0.6 is 11.8 Å². The van der Waals surface area contributed by atoms with Crippen molar-refractivity contribution in [2.24, 2.45) is 0 Å². The molecular weight excluding hydrogens is 404 g/mol. The first-order chi connectivity index (χ1) is 15.0. The minimum atomic E-state index is 0.313. The van der Waals surface area contributed by atoms with Crippen molar-refractivity contribution < 1.29 is 9.47 Å². The maximum atomic E-state index is 6.06. The monoisotopic (exact) mass is 436 g/mol. The standard InChI is InChI=1S/C26H32N2O2S/c1-6-20(4)16-28-24(18-30-17-21-11-8-7-9-12-21)27-25(19(2)3)26(28)31-23-14-10-13-22(15-23)29-5/h6-15,19H,16-18H2,1-5H3/b20-6+. The van der Waals surface area contributed by atoms with E-state index >= 15 is 0 Å².